The van der Waals surface area contributed by atoms with E-state index < -0.39 is 59.3 Å². The molecule has 0 spiro atoms. The Balaban J connectivity index is 1.77. The van der Waals surface area contributed by atoms with Crippen LogP contribution in [-0.2, 0) is 19.5 Å². The van der Waals surface area contributed by atoms with Crippen molar-refractivity contribution in [1.29, 1.82) is 0 Å². The second-order valence-electron chi connectivity index (χ2n) is 8.91. The Bertz CT molecular complexity index is 1780. The van der Waals surface area contributed by atoms with Crippen LogP contribution in [0.2, 0.25) is 5.02 Å². The minimum absolute atomic E-state index is 0.0193. The lowest BCUT2D eigenvalue weighted by molar-refractivity contribution is -0.137. The predicted octanol–water partition coefficient (Wildman–Crippen LogP) is 5.79. The number of nitrogens with zero attached hydrogens (tertiary/aromatic N) is 2. The first-order valence-corrected chi connectivity index (χ1v) is 12.0. The van der Waals surface area contributed by atoms with Gasteiger partial charge in [0.1, 0.15) is 11.6 Å². The van der Waals surface area contributed by atoms with E-state index in [0.29, 0.717) is 16.7 Å². The van der Waals surface area contributed by atoms with Crippen LogP contribution in [0.5, 0.6) is 0 Å². The van der Waals surface area contributed by atoms with Crippen LogP contribution in [0.15, 0.2) is 47.3 Å². The zero-order valence-electron chi connectivity index (χ0n) is 20.3. The molecule has 0 saturated heterocycles. The summed E-state index contributed by atoms with van der Waals surface area (Å²) in [5.74, 6) is -4.01. The molecule has 0 fully saturated rings. The maximum absolute atomic E-state index is 14.2. The highest BCUT2D eigenvalue weighted by atomic mass is 35.5. The third-order valence-corrected chi connectivity index (χ3v) is 6.92. The Kier molecular flexibility index (Phi) is 6.65. The highest BCUT2D eigenvalue weighted by Crippen LogP contribution is 2.43. The van der Waals surface area contributed by atoms with Crippen molar-refractivity contribution in [1.82, 2.24) is 14.5 Å². The number of alkyl halides is 4. The minimum Gasteiger partial charge on any atom is -0.341 e. The van der Waals surface area contributed by atoms with Crippen molar-refractivity contribution in [2.24, 2.45) is 0 Å². The Morgan fingerprint density at radius 2 is 1.77 bits per heavy atom. The highest BCUT2D eigenvalue weighted by molar-refractivity contribution is 6.31. The number of aromatic nitrogens is 2. The van der Waals surface area contributed by atoms with Gasteiger partial charge in [-0.1, -0.05) is 11.6 Å². The van der Waals surface area contributed by atoms with Gasteiger partial charge in [-0.25, -0.2) is 18.0 Å². The molecule has 7 nitrogen and oxygen atoms in total. The monoisotopic (exact) mass is 582 g/mol. The lowest BCUT2D eigenvalue weighted by Crippen LogP contribution is -2.23. The number of amides is 2. The molecule has 1 unspecified atom stereocenters. The van der Waals surface area contributed by atoms with Gasteiger partial charge in [-0.2, -0.15) is 13.2 Å². The Labute approximate surface area is 226 Å². The number of fused-ring (bicyclic) bond motifs is 3. The molecule has 4 aromatic rings. The summed E-state index contributed by atoms with van der Waals surface area (Å²) in [6.07, 6.45) is -4.95. The second-order valence-corrected chi connectivity index (χ2v) is 9.31. The summed E-state index contributed by atoms with van der Waals surface area (Å²) in [5.41, 5.74) is -3.35. The number of hydrogen-bond donors (Lipinski definition) is 2. The number of rotatable bonds is 5. The highest BCUT2D eigenvalue weighted by Gasteiger charge is 2.38. The van der Waals surface area contributed by atoms with E-state index in [1.54, 1.807) is 6.92 Å². The van der Waals surface area contributed by atoms with Crippen molar-refractivity contribution in [3.05, 3.63) is 97.4 Å². The molecule has 14 heteroatoms. The summed E-state index contributed by atoms with van der Waals surface area (Å²) in [7, 11) is 0. The van der Waals surface area contributed by atoms with Gasteiger partial charge in [-0.15, -0.1) is 0 Å². The van der Waals surface area contributed by atoms with Crippen molar-refractivity contribution >= 4 is 40.1 Å². The standard InChI is InChI=1S/C26H17ClF6N4O3/c1-2-36-18-9-17(34-23(38)11-5-12(26(31,32)33)7-14(30)6-11)19-20(22(18)37(10-28)25(36)40)24(39)35-21(19)15-8-13(29)3-4-16(15)27/h3-9,21H,2,10H2,1H3,(H,34,38)(H,35,39). The molecular weight excluding hydrogens is 566 g/mol. The van der Waals surface area contributed by atoms with Gasteiger partial charge in [0.15, 0.2) is 6.80 Å². The zero-order valence-corrected chi connectivity index (χ0v) is 21.1. The molecule has 1 aliphatic heterocycles. The van der Waals surface area contributed by atoms with Crippen molar-refractivity contribution in [2.45, 2.75) is 32.5 Å². The molecule has 0 bridgehead atoms. The van der Waals surface area contributed by atoms with E-state index >= 15 is 0 Å². The van der Waals surface area contributed by atoms with Crippen LogP contribution in [0.4, 0.5) is 32.0 Å². The van der Waals surface area contributed by atoms with Crippen molar-refractivity contribution in [3.63, 3.8) is 0 Å². The van der Waals surface area contributed by atoms with E-state index in [1.165, 1.54) is 12.1 Å². The first kappa shape index (κ1) is 27.3. The van der Waals surface area contributed by atoms with Gasteiger partial charge in [0.05, 0.1) is 28.2 Å². The Hall–Kier alpha value is -4.26. The van der Waals surface area contributed by atoms with Crippen molar-refractivity contribution in [3.8, 4) is 0 Å². The van der Waals surface area contributed by atoms with E-state index in [1.807, 2.05) is 0 Å². The predicted molar refractivity (Wildman–Crippen MR) is 133 cm³/mol. The van der Waals surface area contributed by atoms with Crippen LogP contribution in [0, 0.1) is 11.6 Å². The van der Waals surface area contributed by atoms with E-state index in [-0.39, 0.29) is 51.0 Å². The van der Waals surface area contributed by atoms with Gasteiger partial charge < -0.3 is 10.6 Å². The van der Waals surface area contributed by atoms with Crippen LogP contribution < -0.4 is 16.3 Å². The molecule has 0 radical (unpaired) electrons. The number of imidazole rings is 1. The third kappa shape index (κ3) is 4.39. The van der Waals surface area contributed by atoms with Gasteiger partial charge in [0.25, 0.3) is 11.8 Å². The molecular formula is C26H17ClF6N4O3. The summed E-state index contributed by atoms with van der Waals surface area (Å²) in [6, 6.07) is 4.62. The van der Waals surface area contributed by atoms with Crippen molar-refractivity contribution in [2.75, 3.05) is 5.32 Å². The first-order valence-electron chi connectivity index (χ1n) is 11.7. The Morgan fingerprint density at radius 1 is 1.05 bits per heavy atom. The normalized spacial score (nSPS) is 14.9. The second kappa shape index (κ2) is 9.73. The fourth-order valence-electron chi connectivity index (χ4n) is 4.87. The van der Waals surface area contributed by atoms with Gasteiger partial charge >= 0.3 is 11.9 Å². The average molecular weight is 583 g/mol. The number of benzene rings is 3. The molecule has 3 aromatic carbocycles. The molecule has 1 aliphatic rings. The van der Waals surface area contributed by atoms with E-state index in [4.69, 9.17) is 11.6 Å². The van der Waals surface area contributed by atoms with E-state index in [2.05, 4.69) is 10.6 Å². The van der Waals surface area contributed by atoms with E-state index in [0.717, 1.165) is 16.7 Å². The maximum atomic E-state index is 14.2. The number of nitrogens with one attached hydrogen (secondary N) is 2. The zero-order chi connectivity index (χ0) is 29.1. The third-order valence-electron chi connectivity index (χ3n) is 6.57. The van der Waals surface area contributed by atoms with Crippen LogP contribution in [-0.4, -0.2) is 20.9 Å². The van der Waals surface area contributed by atoms with Crippen molar-refractivity contribution < 1.29 is 35.9 Å². The number of aryl methyl sites for hydroxylation is 1. The molecule has 1 aromatic heterocycles. The smallest absolute Gasteiger partial charge is 0.341 e. The number of halogens is 7. The largest absolute Gasteiger partial charge is 0.416 e. The van der Waals surface area contributed by atoms with Gasteiger partial charge in [0, 0.05) is 33.9 Å². The molecule has 208 valence electrons. The minimum atomic E-state index is -4.95. The first-order chi connectivity index (χ1) is 18.8. The topological polar surface area (TPSA) is 85.1 Å². The molecule has 2 heterocycles. The summed E-state index contributed by atoms with van der Waals surface area (Å²) >= 11 is 6.28. The number of hydrogen-bond acceptors (Lipinski definition) is 3. The van der Waals surface area contributed by atoms with Gasteiger partial charge in [0.2, 0.25) is 0 Å². The van der Waals surface area contributed by atoms with E-state index in [9.17, 15) is 40.7 Å². The quantitative estimate of drug-likeness (QED) is 0.292. The molecule has 2 amide bonds. The molecule has 1 atom stereocenters. The summed E-state index contributed by atoms with van der Waals surface area (Å²) in [4.78, 5) is 39.3. The molecule has 0 aliphatic carbocycles. The maximum Gasteiger partial charge on any atom is 0.416 e. The summed E-state index contributed by atoms with van der Waals surface area (Å²) < 4.78 is 83.9. The van der Waals surface area contributed by atoms with Crippen LogP contribution in [0.3, 0.4) is 0 Å². The lowest BCUT2D eigenvalue weighted by Gasteiger charge is -2.19. The number of anilines is 1. The lowest BCUT2D eigenvalue weighted by atomic mass is 9.95. The summed E-state index contributed by atoms with van der Waals surface area (Å²) in [5, 5.41) is 5.00. The molecule has 40 heavy (non-hydrogen) atoms. The van der Waals surface area contributed by atoms with Gasteiger partial charge in [-0.05, 0) is 49.4 Å². The fourth-order valence-corrected chi connectivity index (χ4v) is 5.10. The number of carbonyl (C=O) groups is 2. The fraction of sp³-hybridized carbons (Fsp3) is 0.192. The van der Waals surface area contributed by atoms with Crippen LogP contribution in [0.1, 0.15) is 50.4 Å². The SMILES string of the molecule is CCn1c(=O)n(CF)c2c3c(c(NC(=O)c4cc(F)cc(C(F)(F)F)c4)cc21)C(c1cc(F)ccc1Cl)NC3=O. The van der Waals surface area contributed by atoms with Gasteiger partial charge in [-0.3, -0.25) is 18.7 Å². The molecule has 5 rings (SSSR count). The van der Waals surface area contributed by atoms with Crippen LogP contribution >= 0.6 is 11.6 Å². The Morgan fingerprint density at radius 3 is 2.42 bits per heavy atom. The molecule has 0 saturated carbocycles. The summed E-state index contributed by atoms with van der Waals surface area (Å²) in [6.45, 7) is 0.312. The van der Waals surface area contributed by atoms with Crippen LogP contribution in [0.25, 0.3) is 11.0 Å². The number of carbonyl (C=O) groups excluding carboxylic acids is 2. The average Bonchev–Trinajstić information content (AvgIpc) is 3.37. The molecule has 2 N–H and O–H groups in total.